The Morgan fingerprint density at radius 2 is 1.85 bits per heavy atom. The molecule has 0 aliphatic rings. The Balaban J connectivity index is 2.21. The molecule has 2 rings (SSSR count). The number of aryl methyl sites for hydroxylation is 1. The van der Waals surface area contributed by atoms with Gasteiger partial charge >= 0.3 is 0 Å². The number of rotatable bonds is 4. The second-order valence-corrected chi connectivity index (χ2v) is 6.25. The Bertz CT molecular complexity index is 621. The minimum Gasteiger partial charge on any atom is -0.373 e. The fourth-order valence-corrected chi connectivity index (χ4v) is 2.32. The maximum atomic E-state index is 12.6. The van der Waals surface area contributed by atoms with Crippen molar-refractivity contribution in [3.05, 3.63) is 58.3 Å². The van der Waals surface area contributed by atoms with Crippen LogP contribution in [-0.2, 0) is 0 Å². The molecule has 0 aliphatic carbocycles. The first-order valence-electron chi connectivity index (χ1n) is 6.39. The zero-order valence-electron chi connectivity index (χ0n) is 11.8. The number of pyridine rings is 1. The molecular weight excluding hydrogens is 316 g/mol. The van der Waals surface area contributed by atoms with Crippen molar-refractivity contribution in [3.63, 3.8) is 0 Å². The van der Waals surface area contributed by atoms with Crippen LogP contribution >= 0.6 is 15.9 Å². The van der Waals surface area contributed by atoms with E-state index in [1.54, 1.807) is 18.5 Å². The number of benzene rings is 1. The molecule has 104 valence electrons. The zero-order chi connectivity index (χ0) is 14.8. The van der Waals surface area contributed by atoms with Crippen LogP contribution in [0.3, 0.4) is 0 Å². The monoisotopic (exact) mass is 332 g/mol. The summed E-state index contributed by atoms with van der Waals surface area (Å²) in [4.78, 5) is 16.6. The molecule has 0 bridgehead atoms. The van der Waals surface area contributed by atoms with Gasteiger partial charge in [0.25, 0.3) is 0 Å². The van der Waals surface area contributed by atoms with E-state index < -0.39 is 5.54 Å². The van der Waals surface area contributed by atoms with E-state index in [2.05, 4.69) is 26.2 Å². The van der Waals surface area contributed by atoms with E-state index in [1.165, 1.54) is 5.56 Å². The molecule has 0 amide bonds. The highest BCUT2D eigenvalue weighted by atomic mass is 79.9. The van der Waals surface area contributed by atoms with Gasteiger partial charge in [0.05, 0.1) is 5.54 Å². The van der Waals surface area contributed by atoms with Gasteiger partial charge in [-0.05, 0) is 54.9 Å². The molecule has 1 aromatic carbocycles. The van der Waals surface area contributed by atoms with Crippen LogP contribution in [0.4, 0.5) is 5.69 Å². The van der Waals surface area contributed by atoms with Gasteiger partial charge in [0.1, 0.15) is 0 Å². The fraction of sp³-hybridized carbons (Fsp3) is 0.250. The highest BCUT2D eigenvalue weighted by molar-refractivity contribution is 9.10. The topological polar surface area (TPSA) is 42.0 Å². The number of ketones is 1. The van der Waals surface area contributed by atoms with Crippen LogP contribution in [0, 0.1) is 6.92 Å². The molecule has 3 nitrogen and oxygen atoms in total. The molecule has 20 heavy (non-hydrogen) atoms. The van der Waals surface area contributed by atoms with Crippen molar-refractivity contribution in [3.8, 4) is 0 Å². The molecule has 0 fully saturated rings. The van der Waals surface area contributed by atoms with Gasteiger partial charge in [0.15, 0.2) is 5.78 Å². The summed E-state index contributed by atoms with van der Waals surface area (Å²) in [6.07, 6.45) is 3.25. The Morgan fingerprint density at radius 1 is 1.20 bits per heavy atom. The number of halogens is 1. The van der Waals surface area contributed by atoms with Gasteiger partial charge in [-0.3, -0.25) is 9.78 Å². The van der Waals surface area contributed by atoms with E-state index in [0.29, 0.717) is 5.56 Å². The summed E-state index contributed by atoms with van der Waals surface area (Å²) in [5.74, 6) is 0.00637. The van der Waals surface area contributed by atoms with Gasteiger partial charge in [0.2, 0.25) is 0 Å². The normalized spacial score (nSPS) is 11.2. The fourth-order valence-electron chi connectivity index (χ4n) is 1.95. The Labute approximate surface area is 127 Å². The number of hydrogen-bond donors (Lipinski definition) is 1. The predicted molar refractivity (Wildman–Crippen MR) is 85.1 cm³/mol. The quantitative estimate of drug-likeness (QED) is 0.852. The van der Waals surface area contributed by atoms with Crippen LogP contribution in [0.1, 0.15) is 29.8 Å². The van der Waals surface area contributed by atoms with Crippen molar-refractivity contribution in [2.45, 2.75) is 26.3 Å². The highest BCUT2D eigenvalue weighted by Crippen LogP contribution is 2.21. The van der Waals surface area contributed by atoms with E-state index in [4.69, 9.17) is 0 Å². The molecule has 1 N–H and O–H groups in total. The summed E-state index contributed by atoms with van der Waals surface area (Å²) < 4.78 is 0.800. The summed E-state index contributed by atoms with van der Waals surface area (Å²) in [5, 5.41) is 3.27. The number of nitrogens with one attached hydrogen (secondary N) is 1. The van der Waals surface area contributed by atoms with Crippen molar-refractivity contribution in [2.24, 2.45) is 0 Å². The summed E-state index contributed by atoms with van der Waals surface area (Å²) in [6.45, 7) is 5.78. The second kappa shape index (κ2) is 5.75. The minimum atomic E-state index is -0.697. The molecule has 1 heterocycles. The zero-order valence-corrected chi connectivity index (χ0v) is 13.4. The summed E-state index contributed by atoms with van der Waals surface area (Å²) >= 11 is 3.34. The molecule has 0 aliphatic heterocycles. The number of aromatic nitrogens is 1. The Morgan fingerprint density at radius 3 is 2.45 bits per heavy atom. The smallest absolute Gasteiger partial charge is 0.189 e. The maximum Gasteiger partial charge on any atom is 0.189 e. The van der Waals surface area contributed by atoms with Crippen LogP contribution in [0.5, 0.6) is 0 Å². The first-order valence-corrected chi connectivity index (χ1v) is 7.18. The number of nitrogens with zero attached hydrogens (tertiary/aromatic N) is 1. The summed E-state index contributed by atoms with van der Waals surface area (Å²) in [7, 11) is 0. The van der Waals surface area contributed by atoms with Crippen molar-refractivity contribution >= 4 is 27.4 Å². The summed E-state index contributed by atoms with van der Waals surface area (Å²) in [6, 6.07) is 9.77. The number of Topliss-reactive ketones (excluding diaryl/α,β-unsaturated/α-hetero) is 1. The molecule has 0 saturated carbocycles. The average Bonchev–Trinajstić information content (AvgIpc) is 2.40. The molecule has 1 aromatic heterocycles. The first kappa shape index (κ1) is 14.7. The van der Waals surface area contributed by atoms with Gasteiger partial charge < -0.3 is 5.32 Å². The molecule has 4 heteroatoms. The molecule has 0 radical (unpaired) electrons. The molecule has 0 atom stereocenters. The predicted octanol–water partition coefficient (Wildman–Crippen LogP) is 4.23. The third kappa shape index (κ3) is 3.45. The lowest BCUT2D eigenvalue weighted by molar-refractivity contribution is 0.0926. The van der Waals surface area contributed by atoms with Crippen LogP contribution in [0.25, 0.3) is 0 Å². The van der Waals surface area contributed by atoms with Gasteiger partial charge in [0, 0.05) is 28.1 Å². The van der Waals surface area contributed by atoms with Gasteiger partial charge in [-0.25, -0.2) is 0 Å². The van der Waals surface area contributed by atoms with Crippen molar-refractivity contribution in [2.75, 3.05) is 5.32 Å². The molecule has 2 aromatic rings. The van der Waals surface area contributed by atoms with E-state index >= 15 is 0 Å². The molecule has 0 unspecified atom stereocenters. The Kier molecular flexibility index (Phi) is 4.23. The molecular formula is C16H17BrN2O. The lowest BCUT2D eigenvalue weighted by atomic mass is 9.93. The van der Waals surface area contributed by atoms with Crippen LogP contribution in [-0.4, -0.2) is 16.3 Å². The van der Waals surface area contributed by atoms with Crippen molar-refractivity contribution < 1.29 is 4.79 Å². The maximum absolute atomic E-state index is 12.6. The van der Waals surface area contributed by atoms with Crippen LogP contribution in [0.2, 0.25) is 0 Å². The molecule has 0 saturated heterocycles. The first-order chi connectivity index (χ1) is 9.38. The standard InChI is InChI=1S/C16H17BrN2O/c1-11-4-6-14(7-5-11)19-16(2,3)15(20)12-8-13(17)10-18-9-12/h4-10,19H,1-3H3. The average molecular weight is 333 g/mol. The van der Waals surface area contributed by atoms with E-state index in [0.717, 1.165) is 10.2 Å². The second-order valence-electron chi connectivity index (χ2n) is 5.34. The van der Waals surface area contributed by atoms with E-state index in [-0.39, 0.29) is 5.78 Å². The SMILES string of the molecule is Cc1ccc(NC(C)(C)C(=O)c2cncc(Br)c2)cc1. The van der Waals surface area contributed by atoms with Crippen LogP contribution < -0.4 is 5.32 Å². The number of carbonyl (C=O) groups excluding carboxylic acids is 1. The van der Waals surface area contributed by atoms with Gasteiger partial charge in [-0.15, -0.1) is 0 Å². The third-order valence-electron chi connectivity index (χ3n) is 3.04. The van der Waals surface area contributed by atoms with Crippen molar-refractivity contribution in [1.29, 1.82) is 0 Å². The lowest BCUT2D eigenvalue weighted by Gasteiger charge is -2.26. The van der Waals surface area contributed by atoms with E-state index in [1.807, 2.05) is 45.0 Å². The molecule has 0 spiro atoms. The summed E-state index contributed by atoms with van der Waals surface area (Å²) in [5.41, 5.74) is 2.01. The number of carbonyl (C=O) groups is 1. The van der Waals surface area contributed by atoms with Crippen molar-refractivity contribution in [1.82, 2.24) is 4.98 Å². The number of hydrogen-bond acceptors (Lipinski definition) is 3. The minimum absolute atomic E-state index is 0.00637. The largest absolute Gasteiger partial charge is 0.373 e. The van der Waals surface area contributed by atoms with E-state index in [9.17, 15) is 4.79 Å². The number of anilines is 1. The van der Waals surface area contributed by atoms with Crippen LogP contribution in [0.15, 0.2) is 47.2 Å². The highest BCUT2D eigenvalue weighted by Gasteiger charge is 2.28. The Hall–Kier alpha value is -1.68. The van der Waals surface area contributed by atoms with Gasteiger partial charge in [-0.2, -0.15) is 0 Å². The third-order valence-corrected chi connectivity index (χ3v) is 3.48. The van der Waals surface area contributed by atoms with Gasteiger partial charge in [-0.1, -0.05) is 17.7 Å². The lowest BCUT2D eigenvalue weighted by Crippen LogP contribution is -2.40.